The van der Waals surface area contributed by atoms with E-state index in [4.69, 9.17) is 0 Å². The van der Waals surface area contributed by atoms with Crippen molar-refractivity contribution in [3.63, 3.8) is 0 Å². The molecule has 0 fully saturated rings. The Labute approximate surface area is 149 Å². The quantitative estimate of drug-likeness (QED) is 0.788. The SMILES string of the molecule is Fc1ccc(CN2CCc3nc(C4=NCCCC4)ncc3C2)c(F)c1F. The van der Waals surface area contributed by atoms with Gasteiger partial charge in [-0.3, -0.25) is 9.89 Å². The third kappa shape index (κ3) is 3.35. The summed E-state index contributed by atoms with van der Waals surface area (Å²) in [6.07, 6.45) is 5.67. The highest BCUT2D eigenvalue weighted by Crippen LogP contribution is 2.22. The van der Waals surface area contributed by atoms with Gasteiger partial charge in [-0.15, -0.1) is 0 Å². The average Bonchev–Trinajstić information content (AvgIpc) is 2.69. The van der Waals surface area contributed by atoms with Crippen molar-refractivity contribution in [2.45, 2.75) is 38.8 Å². The van der Waals surface area contributed by atoms with Crippen LogP contribution in [-0.4, -0.2) is 33.7 Å². The topological polar surface area (TPSA) is 41.4 Å². The molecule has 2 aliphatic rings. The highest BCUT2D eigenvalue weighted by atomic mass is 19.2. The second kappa shape index (κ2) is 7.15. The van der Waals surface area contributed by atoms with Crippen LogP contribution in [0, 0.1) is 17.5 Å². The Balaban J connectivity index is 1.50. The van der Waals surface area contributed by atoms with Crippen molar-refractivity contribution in [2.75, 3.05) is 13.1 Å². The third-order valence-electron chi connectivity index (χ3n) is 4.90. The highest BCUT2D eigenvalue weighted by Gasteiger charge is 2.22. The molecule has 4 nitrogen and oxygen atoms in total. The van der Waals surface area contributed by atoms with Crippen LogP contribution in [0.25, 0.3) is 0 Å². The minimum Gasteiger partial charge on any atom is -0.294 e. The van der Waals surface area contributed by atoms with Crippen LogP contribution >= 0.6 is 0 Å². The molecule has 26 heavy (non-hydrogen) atoms. The van der Waals surface area contributed by atoms with E-state index in [1.54, 1.807) is 0 Å². The van der Waals surface area contributed by atoms with E-state index < -0.39 is 17.5 Å². The molecule has 3 heterocycles. The average molecular weight is 360 g/mol. The number of halogens is 3. The lowest BCUT2D eigenvalue weighted by molar-refractivity contribution is 0.238. The van der Waals surface area contributed by atoms with Crippen LogP contribution in [0.3, 0.4) is 0 Å². The summed E-state index contributed by atoms with van der Waals surface area (Å²) in [7, 11) is 0. The lowest BCUT2D eigenvalue weighted by Gasteiger charge is -2.28. The zero-order chi connectivity index (χ0) is 18.1. The molecular formula is C19H19F3N4. The molecule has 0 unspecified atom stereocenters. The number of hydrogen-bond donors (Lipinski definition) is 0. The molecule has 136 valence electrons. The first-order valence-corrected chi connectivity index (χ1v) is 8.85. The predicted octanol–water partition coefficient (Wildman–Crippen LogP) is 3.43. The van der Waals surface area contributed by atoms with Crippen molar-refractivity contribution in [3.05, 3.63) is 58.4 Å². The van der Waals surface area contributed by atoms with Gasteiger partial charge >= 0.3 is 0 Å². The van der Waals surface area contributed by atoms with E-state index in [0.29, 0.717) is 25.3 Å². The molecule has 0 bridgehead atoms. The summed E-state index contributed by atoms with van der Waals surface area (Å²) in [5.74, 6) is -2.98. The second-order valence-corrected chi connectivity index (χ2v) is 6.75. The number of rotatable bonds is 3. The van der Waals surface area contributed by atoms with Crippen molar-refractivity contribution < 1.29 is 13.2 Å². The Morgan fingerprint density at radius 1 is 1.04 bits per heavy atom. The van der Waals surface area contributed by atoms with Gasteiger partial charge in [0.15, 0.2) is 23.3 Å². The normalized spacial score (nSPS) is 17.7. The molecule has 4 rings (SSSR count). The zero-order valence-corrected chi connectivity index (χ0v) is 14.3. The van der Waals surface area contributed by atoms with Crippen molar-refractivity contribution >= 4 is 5.71 Å². The summed E-state index contributed by atoms with van der Waals surface area (Å²) in [6, 6.07) is 2.26. The molecule has 1 aromatic carbocycles. The molecule has 0 saturated heterocycles. The van der Waals surface area contributed by atoms with E-state index >= 15 is 0 Å². The van der Waals surface area contributed by atoms with E-state index in [0.717, 1.165) is 48.8 Å². The maximum Gasteiger partial charge on any atom is 0.194 e. The van der Waals surface area contributed by atoms with E-state index in [2.05, 4.69) is 15.0 Å². The van der Waals surface area contributed by atoms with Crippen LogP contribution in [0.4, 0.5) is 13.2 Å². The molecule has 0 amide bonds. The lowest BCUT2D eigenvalue weighted by atomic mass is 10.0. The smallest absolute Gasteiger partial charge is 0.194 e. The van der Waals surface area contributed by atoms with Gasteiger partial charge in [-0.1, -0.05) is 6.07 Å². The van der Waals surface area contributed by atoms with Crippen molar-refractivity contribution in [1.29, 1.82) is 0 Å². The Kier molecular flexibility index (Phi) is 4.72. The minimum absolute atomic E-state index is 0.154. The summed E-state index contributed by atoms with van der Waals surface area (Å²) in [5.41, 5.74) is 3.11. The number of benzene rings is 1. The Hall–Kier alpha value is -2.28. The molecule has 0 radical (unpaired) electrons. The van der Waals surface area contributed by atoms with Crippen LogP contribution in [0.5, 0.6) is 0 Å². The predicted molar refractivity (Wildman–Crippen MR) is 91.4 cm³/mol. The summed E-state index contributed by atoms with van der Waals surface area (Å²) in [4.78, 5) is 15.6. The van der Waals surface area contributed by atoms with Gasteiger partial charge in [-0.2, -0.15) is 0 Å². The van der Waals surface area contributed by atoms with Gasteiger partial charge in [0.1, 0.15) is 0 Å². The van der Waals surface area contributed by atoms with Crippen LogP contribution in [0.15, 0.2) is 23.3 Å². The number of nitrogens with zero attached hydrogens (tertiary/aromatic N) is 4. The van der Waals surface area contributed by atoms with Crippen LogP contribution in [-0.2, 0) is 19.5 Å². The molecule has 1 aromatic heterocycles. The van der Waals surface area contributed by atoms with Crippen molar-refractivity contribution in [1.82, 2.24) is 14.9 Å². The van der Waals surface area contributed by atoms with Crippen molar-refractivity contribution in [2.24, 2.45) is 4.99 Å². The van der Waals surface area contributed by atoms with E-state index in [-0.39, 0.29) is 12.1 Å². The standard InChI is InChI=1S/C19H19F3N4/c20-14-5-4-12(17(21)18(14)22)10-26-8-6-15-13(11-26)9-24-19(25-15)16-3-1-2-7-23-16/h4-5,9H,1-3,6-8,10-11H2. The maximum atomic E-state index is 13.9. The van der Waals surface area contributed by atoms with Crippen molar-refractivity contribution in [3.8, 4) is 0 Å². The number of fused-ring (bicyclic) bond motifs is 1. The molecule has 0 saturated carbocycles. The molecule has 2 aliphatic heterocycles. The molecule has 0 N–H and O–H groups in total. The molecule has 0 spiro atoms. The van der Waals surface area contributed by atoms with Gasteiger partial charge in [-0.25, -0.2) is 23.1 Å². The Bertz CT molecular complexity index is 866. The van der Waals surface area contributed by atoms with E-state index in [9.17, 15) is 13.2 Å². The molecule has 0 atom stereocenters. The van der Waals surface area contributed by atoms with Crippen LogP contribution in [0.1, 0.15) is 41.9 Å². The second-order valence-electron chi connectivity index (χ2n) is 6.75. The summed E-state index contributed by atoms with van der Waals surface area (Å²) in [6.45, 7) is 2.29. The van der Waals surface area contributed by atoms with Gasteiger partial charge in [-0.05, 0) is 25.3 Å². The lowest BCUT2D eigenvalue weighted by Crippen LogP contribution is -2.32. The fourth-order valence-electron chi connectivity index (χ4n) is 3.46. The fraction of sp³-hybridized carbons (Fsp3) is 0.421. The first-order valence-electron chi connectivity index (χ1n) is 8.85. The third-order valence-corrected chi connectivity index (χ3v) is 4.90. The monoisotopic (exact) mass is 360 g/mol. The van der Waals surface area contributed by atoms with Gasteiger partial charge < -0.3 is 0 Å². The maximum absolute atomic E-state index is 13.9. The Morgan fingerprint density at radius 2 is 1.92 bits per heavy atom. The molecule has 2 aromatic rings. The fourth-order valence-corrected chi connectivity index (χ4v) is 3.46. The Morgan fingerprint density at radius 3 is 2.73 bits per heavy atom. The van der Waals surface area contributed by atoms with Gasteiger partial charge in [0.25, 0.3) is 0 Å². The highest BCUT2D eigenvalue weighted by molar-refractivity contribution is 5.97. The molecule has 0 aliphatic carbocycles. The molecule has 7 heteroatoms. The van der Waals surface area contributed by atoms with E-state index in [1.807, 2.05) is 11.1 Å². The summed E-state index contributed by atoms with van der Waals surface area (Å²) < 4.78 is 40.4. The van der Waals surface area contributed by atoms with Gasteiger partial charge in [0, 0.05) is 49.9 Å². The molecular weight excluding hydrogens is 341 g/mol. The largest absolute Gasteiger partial charge is 0.294 e. The first kappa shape index (κ1) is 17.1. The number of hydrogen-bond acceptors (Lipinski definition) is 4. The zero-order valence-electron chi connectivity index (χ0n) is 14.3. The minimum atomic E-state index is -1.42. The summed E-state index contributed by atoms with van der Waals surface area (Å²) >= 11 is 0. The van der Waals surface area contributed by atoms with Crippen LogP contribution in [0.2, 0.25) is 0 Å². The van der Waals surface area contributed by atoms with Gasteiger partial charge in [0.05, 0.1) is 11.4 Å². The number of aliphatic imine (C=N–C) groups is 1. The van der Waals surface area contributed by atoms with Crippen LogP contribution < -0.4 is 0 Å². The number of aromatic nitrogens is 2. The van der Waals surface area contributed by atoms with E-state index in [1.165, 1.54) is 6.07 Å². The summed E-state index contributed by atoms with van der Waals surface area (Å²) in [5, 5.41) is 0. The first-order chi connectivity index (χ1) is 12.6. The van der Waals surface area contributed by atoms with Gasteiger partial charge in [0.2, 0.25) is 0 Å².